The van der Waals surface area contributed by atoms with E-state index in [0.717, 1.165) is 5.69 Å². The van der Waals surface area contributed by atoms with Gasteiger partial charge in [0, 0.05) is 5.38 Å². The summed E-state index contributed by atoms with van der Waals surface area (Å²) in [6.07, 6.45) is 0. The lowest BCUT2D eigenvalue weighted by atomic mass is 10.4. The lowest BCUT2D eigenvalue weighted by molar-refractivity contribution is 0.585. The normalized spacial score (nSPS) is 10.1. The third-order valence-electron chi connectivity index (χ3n) is 1.65. The molecule has 1 N–H and O–H groups in total. The predicted octanol–water partition coefficient (Wildman–Crippen LogP) is 2.29. The number of nitrogens with zero attached hydrogens (tertiary/aromatic N) is 2. The molecule has 2 aromatic rings. The monoisotopic (exact) mass is 209 g/mol. The van der Waals surface area contributed by atoms with Gasteiger partial charge in [-0.3, -0.25) is 0 Å². The Kier molecular flexibility index (Phi) is 2.69. The summed E-state index contributed by atoms with van der Waals surface area (Å²) in [5.41, 5.74) is 2.69. The van der Waals surface area contributed by atoms with Gasteiger partial charge in [0.15, 0.2) is 0 Å². The SMILES string of the molecule is Fc1cccc(NCc2cscn2)n1. The molecular weight excluding hydrogens is 201 g/mol. The lowest BCUT2D eigenvalue weighted by Gasteiger charge is -2.02. The fraction of sp³-hybridized carbons (Fsp3) is 0.111. The smallest absolute Gasteiger partial charge is 0.214 e. The second-order valence-corrected chi connectivity index (χ2v) is 3.40. The Balaban J connectivity index is 1.98. The Morgan fingerprint density at radius 3 is 3.07 bits per heavy atom. The van der Waals surface area contributed by atoms with Crippen LogP contribution in [0, 0.1) is 5.95 Å². The van der Waals surface area contributed by atoms with Crippen LogP contribution in [0.4, 0.5) is 10.2 Å². The summed E-state index contributed by atoms with van der Waals surface area (Å²) in [6, 6.07) is 4.65. The molecule has 0 aliphatic heterocycles. The number of anilines is 1. The molecule has 0 radical (unpaired) electrons. The van der Waals surface area contributed by atoms with E-state index in [0.29, 0.717) is 12.4 Å². The number of nitrogens with one attached hydrogen (secondary N) is 1. The molecule has 0 saturated carbocycles. The topological polar surface area (TPSA) is 37.8 Å². The first kappa shape index (κ1) is 9.08. The van der Waals surface area contributed by atoms with Gasteiger partial charge in [-0.1, -0.05) is 6.07 Å². The second kappa shape index (κ2) is 4.15. The molecule has 14 heavy (non-hydrogen) atoms. The maximum Gasteiger partial charge on any atom is 0.214 e. The van der Waals surface area contributed by atoms with Crippen molar-refractivity contribution in [2.75, 3.05) is 5.32 Å². The molecule has 0 fully saturated rings. The van der Waals surface area contributed by atoms with E-state index in [9.17, 15) is 4.39 Å². The highest BCUT2D eigenvalue weighted by Gasteiger charge is 1.97. The zero-order valence-corrected chi connectivity index (χ0v) is 8.09. The summed E-state index contributed by atoms with van der Waals surface area (Å²) >= 11 is 1.53. The zero-order valence-electron chi connectivity index (χ0n) is 7.27. The van der Waals surface area contributed by atoms with Crippen molar-refractivity contribution in [2.24, 2.45) is 0 Å². The molecule has 3 nitrogen and oxygen atoms in total. The van der Waals surface area contributed by atoms with Gasteiger partial charge in [0.2, 0.25) is 5.95 Å². The summed E-state index contributed by atoms with van der Waals surface area (Å²) < 4.78 is 12.7. The highest BCUT2D eigenvalue weighted by molar-refractivity contribution is 7.07. The molecule has 2 rings (SSSR count). The predicted molar refractivity (Wildman–Crippen MR) is 53.6 cm³/mol. The van der Waals surface area contributed by atoms with Crippen molar-refractivity contribution in [1.82, 2.24) is 9.97 Å². The van der Waals surface area contributed by atoms with Crippen LogP contribution in [-0.4, -0.2) is 9.97 Å². The molecule has 0 aromatic carbocycles. The van der Waals surface area contributed by atoms with Crippen LogP contribution in [0.5, 0.6) is 0 Å². The fourth-order valence-electron chi connectivity index (χ4n) is 1.01. The Bertz CT molecular complexity index is 402. The van der Waals surface area contributed by atoms with Crippen LogP contribution in [0.1, 0.15) is 5.69 Å². The highest BCUT2D eigenvalue weighted by atomic mass is 32.1. The van der Waals surface area contributed by atoms with E-state index < -0.39 is 5.95 Å². The number of rotatable bonds is 3. The van der Waals surface area contributed by atoms with Gasteiger partial charge in [-0.05, 0) is 12.1 Å². The van der Waals surface area contributed by atoms with E-state index in [2.05, 4.69) is 15.3 Å². The first-order valence-corrected chi connectivity index (χ1v) is 5.02. The molecule has 0 unspecified atom stereocenters. The molecule has 0 aliphatic rings. The Morgan fingerprint density at radius 1 is 1.43 bits per heavy atom. The molecule has 0 aliphatic carbocycles. The molecule has 5 heteroatoms. The van der Waals surface area contributed by atoms with Crippen LogP contribution in [0.2, 0.25) is 0 Å². The van der Waals surface area contributed by atoms with Crippen LogP contribution in [-0.2, 0) is 6.54 Å². The van der Waals surface area contributed by atoms with Gasteiger partial charge in [-0.25, -0.2) is 9.97 Å². The van der Waals surface area contributed by atoms with Gasteiger partial charge >= 0.3 is 0 Å². The molecule has 72 valence electrons. The molecule has 0 atom stereocenters. The van der Waals surface area contributed by atoms with Crippen molar-refractivity contribution in [1.29, 1.82) is 0 Å². The molecule has 0 bridgehead atoms. The summed E-state index contributed by atoms with van der Waals surface area (Å²) in [4.78, 5) is 7.76. The number of pyridine rings is 1. The molecular formula is C9H8FN3S. The van der Waals surface area contributed by atoms with E-state index in [1.54, 1.807) is 17.6 Å². The molecule has 0 amide bonds. The number of aromatic nitrogens is 2. The van der Waals surface area contributed by atoms with Crippen molar-refractivity contribution in [3.05, 3.63) is 40.7 Å². The largest absolute Gasteiger partial charge is 0.364 e. The standard InChI is InChI=1S/C9H8FN3S/c10-8-2-1-3-9(13-8)11-4-7-5-14-6-12-7/h1-3,5-6H,4H2,(H,11,13). The summed E-state index contributed by atoms with van der Waals surface area (Å²) in [5, 5.41) is 4.92. The van der Waals surface area contributed by atoms with Gasteiger partial charge in [0.1, 0.15) is 5.82 Å². The maximum absolute atomic E-state index is 12.7. The minimum absolute atomic E-state index is 0.478. The van der Waals surface area contributed by atoms with E-state index in [-0.39, 0.29) is 0 Å². The number of halogens is 1. The first-order chi connectivity index (χ1) is 6.84. The van der Waals surface area contributed by atoms with Gasteiger partial charge in [-0.15, -0.1) is 11.3 Å². The molecule has 0 saturated heterocycles. The number of thiazole rings is 1. The maximum atomic E-state index is 12.7. The van der Waals surface area contributed by atoms with Crippen LogP contribution in [0.25, 0.3) is 0 Å². The van der Waals surface area contributed by atoms with Crippen LogP contribution in [0.3, 0.4) is 0 Å². The molecule has 2 aromatic heterocycles. The lowest BCUT2D eigenvalue weighted by Crippen LogP contribution is -2.01. The van der Waals surface area contributed by atoms with Crippen LogP contribution >= 0.6 is 11.3 Å². The van der Waals surface area contributed by atoms with Crippen LogP contribution in [0.15, 0.2) is 29.1 Å². The Labute approximate surface area is 84.6 Å². The van der Waals surface area contributed by atoms with E-state index in [4.69, 9.17) is 0 Å². The Hall–Kier alpha value is -1.49. The number of hydrogen-bond donors (Lipinski definition) is 1. The minimum Gasteiger partial charge on any atom is -0.364 e. The molecule has 0 spiro atoms. The average Bonchev–Trinajstić information content (AvgIpc) is 2.67. The van der Waals surface area contributed by atoms with E-state index in [1.165, 1.54) is 17.4 Å². The number of hydrogen-bond acceptors (Lipinski definition) is 4. The summed E-state index contributed by atoms with van der Waals surface area (Å²) in [5.74, 6) is 0.0475. The Morgan fingerprint density at radius 2 is 2.36 bits per heavy atom. The average molecular weight is 209 g/mol. The van der Waals surface area contributed by atoms with Gasteiger partial charge in [-0.2, -0.15) is 4.39 Å². The first-order valence-electron chi connectivity index (χ1n) is 4.08. The van der Waals surface area contributed by atoms with Crippen molar-refractivity contribution < 1.29 is 4.39 Å². The second-order valence-electron chi connectivity index (χ2n) is 2.68. The van der Waals surface area contributed by atoms with Crippen molar-refractivity contribution in [3.63, 3.8) is 0 Å². The van der Waals surface area contributed by atoms with Crippen molar-refractivity contribution in [3.8, 4) is 0 Å². The van der Waals surface area contributed by atoms with Gasteiger partial charge in [0.25, 0.3) is 0 Å². The summed E-state index contributed by atoms with van der Waals surface area (Å²) in [7, 11) is 0. The zero-order chi connectivity index (χ0) is 9.80. The van der Waals surface area contributed by atoms with E-state index in [1.807, 2.05) is 5.38 Å². The summed E-state index contributed by atoms with van der Waals surface area (Å²) in [6.45, 7) is 0.569. The van der Waals surface area contributed by atoms with Gasteiger partial charge in [0.05, 0.1) is 17.7 Å². The minimum atomic E-state index is -0.478. The van der Waals surface area contributed by atoms with Crippen molar-refractivity contribution >= 4 is 17.2 Å². The fourth-order valence-corrected chi connectivity index (χ4v) is 1.57. The van der Waals surface area contributed by atoms with Crippen molar-refractivity contribution in [2.45, 2.75) is 6.54 Å². The quantitative estimate of drug-likeness (QED) is 0.788. The van der Waals surface area contributed by atoms with Crippen LogP contribution < -0.4 is 5.32 Å². The van der Waals surface area contributed by atoms with Gasteiger partial charge < -0.3 is 5.32 Å². The van der Waals surface area contributed by atoms with E-state index >= 15 is 0 Å². The highest BCUT2D eigenvalue weighted by Crippen LogP contribution is 2.06. The third-order valence-corrected chi connectivity index (χ3v) is 2.28. The molecule has 2 heterocycles. The third kappa shape index (κ3) is 2.26.